The van der Waals surface area contributed by atoms with Gasteiger partial charge in [-0.2, -0.15) is 0 Å². The van der Waals surface area contributed by atoms with Crippen LogP contribution in [0.3, 0.4) is 0 Å². The summed E-state index contributed by atoms with van der Waals surface area (Å²) >= 11 is 0. The molecule has 1 unspecified atom stereocenters. The first kappa shape index (κ1) is 17.6. The Morgan fingerprint density at radius 2 is 1.86 bits per heavy atom. The first-order valence-electron chi connectivity index (χ1n) is 7.19. The lowest BCUT2D eigenvalue weighted by Gasteiger charge is -2.21. The predicted molar refractivity (Wildman–Crippen MR) is 81.3 cm³/mol. The third-order valence-corrected chi connectivity index (χ3v) is 3.10. The molecule has 21 heavy (non-hydrogen) atoms. The lowest BCUT2D eigenvalue weighted by molar-refractivity contribution is 0.0797. The van der Waals surface area contributed by atoms with Crippen molar-refractivity contribution < 1.29 is 24.1 Å². The zero-order valence-corrected chi connectivity index (χ0v) is 13.3. The number of aliphatic hydroxyl groups excluding tert-OH is 1. The quantitative estimate of drug-likeness (QED) is 0.673. The van der Waals surface area contributed by atoms with E-state index < -0.39 is 0 Å². The summed E-state index contributed by atoms with van der Waals surface area (Å²) in [4.78, 5) is 0. The molecule has 1 rings (SSSR count). The summed E-state index contributed by atoms with van der Waals surface area (Å²) in [5.41, 5.74) is 0. The van der Waals surface area contributed by atoms with Crippen LogP contribution in [0, 0.1) is 5.92 Å². The van der Waals surface area contributed by atoms with E-state index in [4.69, 9.17) is 18.9 Å². The molecule has 0 aliphatic carbocycles. The molecule has 0 aliphatic rings. The van der Waals surface area contributed by atoms with Crippen molar-refractivity contribution in [3.63, 3.8) is 0 Å². The molecule has 5 heteroatoms. The Kier molecular flexibility index (Phi) is 7.93. The minimum Gasteiger partial charge on any atom is -0.493 e. The highest BCUT2D eigenvalue weighted by Crippen LogP contribution is 2.32. The summed E-state index contributed by atoms with van der Waals surface area (Å²) in [7, 11) is 3.26. The Labute approximate surface area is 126 Å². The molecular formula is C16H26O5. The third-order valence-electron chi connectivity index (χ3n) is 3.10. The summed E-state index contributed by atoms with van der Waals surface area (Å²) in [5.74, 6) is 2.17. The van der Waals surface area contributed by atoms with Gasteiger partial charge in [0.25, 0.3) is 0 Å². The lowest BCUT2D eigenvalue weighted by atomic mass is 10.1. The van der Waals surface area contributed by atoms with Gasteiger partial charge in [-0.3, -0.25) is 0 Å². The number of ether oxygens (including phenoxy) is 4. The number of aliphatic hydroxyl groups is 1. The zero-order chi connectivity index (χ0) is 15.7. The molecule has 1 atom stereocenters. The van der Waals surface area contributed by atoms with Crippen LogP contribution in [0.2, 0.25) is 0 Å². The van der Waals surface area contributed by atoms with Crippen molar-refractivity contribution in [2.24, 2.45) is 5.92 Å². The highest BCUT2D eigenvalue weighted by molar-refractivity contribution is 5.45. The van der Waals surface area contributed by atoms with Crippen LogP contribution in [0.15, 0.2) is 18.2 Å². The molecule has 0 bridgehead atoms. The van der Waals surface area contributed by atoms with E-state index in [0.29, 0.717) is 30.5 Å². The van der Waals surface area contributed by atoms with Crippen molar-refractivity contribution in [2.75, 3.05) is 34.0 Å². The fraction of sp³-hybridized carbons (Fsp3) is 0.625. The van der Waals surface area contributed by atoms with Crippen molar-refractivity contribution in [3.8, 4) is 17.2 Å². The number of benzene rings is 1. The second-order valence-electron chi connectivity index (χ2n) is 5.09. The maximum Gasteiger partial charge on any atom is 0.164 e. The summed E-state index contributed by atoms with van der Waals surface area (Å²) in [6, 6.07) is 5.40. The molecule has 0 amide bonds. The fourth-order valence-corrected chi connectivity index (χ4v) is 1.79. The molecule has 0 aliphatic heterocycles. The van der Waals surface area contributed by atoms with E-state index in [-0.39, 0.29) is 18.6 Å². The van der Waals surface area contributed by atoms with Gasteiger partial charge >= 0.3 is 0 Å². The van der Waals surface area contributed by atoms with E-state index in [9.17, 15) is 5.11 Å². The molecule has 0 spiro atoms. The van der Waals surface area contributed by atoms with Gasteiger partial charge in [0.05, 0.1) is 20.3 Å². The standard InChI is InChI=1S/C16H26O5/c1-12(2)16(11-17)21-13-6-7-14(19-4)15(10-13)20-9-5-8-18-3/h6-7,10,12,16-17H,5,8-9,11H2,1-4H3. The first-order chi connectivity index (χ1) is 10.1. The van der Waals surface area contributed by atoms with Gasteiger partial charge in [0, 0.05) is 26.2 Å². The maximum absolute atomic E-state index is 9.33. The van der Waals surface area contributed by atoms with E-state index in [1.165, 1.54) is 0 Å². The summed E-state index contributed by atoms with van der Waals surface area (Å²) in [5, 5.41) is 9.33. The minimum absolute atomic E-state index is 0.0201. The minimum atomic E-state index is -0.236. The van der Waals surface area contributed by atoms with Gasteiger partial charge in [-0.1, -0.05) is 13.8 Å². The summed E-state index contributed by atoms with van der Waals surface area (Å²) in [6.45, 7) is 5.19. The van der Waals surface area contributed by atoms with Gasteiger partial charge in [-0.15, -0.1) is 0 Å². The molecule has 0 aromatic heterocycles. The van der Waals surface area contributed by atoms with Crippen molar-refractivity contribution >= 4 is 0 Å². The molecule has 1 N–H and O–H groups in total. The second-order valence-corrected chi connectivity index (χ2v) is 5.09. The molecule has 0 saturated heterocycles. The number of hydrogen-bond donors (Lipinski definition) is 1. The van der Waals surface area contributed by atoms with Gasteiger partial charge in [0.15, 0.2) is 11.5 Å². The Morgan fingerprint density at radius 3 is 2.43 bits per heavy atom. The third kappa shape index (κ3) is 5.81. The topological polar surface area (TPSA) is 57.2 Å². The molecule has 120 valence electrons. The van der Waals surface area contributed by atoms with Crippen molar-refractivity contribution in [3.05, 3.63) is 18.2 Å². The second kappa shape index (κ2) is 9.47. The van der Waals surface area contributed by atoms with Gasteiger partial charge in [0.1, 0.15) is 11.9 Å². The van der Waals surface area contributed by atoms with Crippen LogP contribution in [-0.4, -0.2) is 45.3 Å². The SMILES string of the molecule is COCCCOc1cc(OC(CO)C(C)C)ccc1OC. The Hall–Kier alpha value is -1.46. The normalized spacial score (nSPS) is 12.3. The molecular weight excluding hydrogens is 272 g/mol. The number of rotatable bonds is 10. The maximum atomic E-state index is 9.33. The highest BCUT2D eigenvalue weighted by Gasteiger charge is 2.15. The van der Waals surface area contributed by atoms with Crippen molar-refractivity contribution in [2.45, 2.75) is 26.4 Å². The Bertz CT molecular complexity index is 406. The molecule has 0 fully saturated rings. The summed E-state index contributed by atoms with van der Waals surface area (Å²) < 4.78 is 21.7. The van der Waals surface area contributed by atoms with Crippen molar-refractivity contribution in [1.29, 1.82) is 0 Å². The summed E-state index contributed by atoms with van der Waals surface area (Å²) in [6.07, 6.45) is 0.565. The van der Waals surface area contributed by atoms with E-state index in [0.717, 1.165) is 6.42 Å². The molecule has 1 aromatic rings. The number of hydrogen-bond acceptors (Lipinski definition) is 5. The highest BCUT2D eigenvalue weighted by atomic mass is 16.5. The average Bonchev–Trinajstić information content (AvgIpc) is 2.49. The van der Waals surface area contributed by atoms with Gasteiger partial charge in [-0.05, 0) is 18.1 Å². The fourth-order valence-electron chi connectivity index (χ4n) is 1.79. The van der Waals surface area contributed by atoms with Crippen LogP contribution in [0.4, 0.5) is 0 Å². The monoisotopic (exact) mass is 298 g/mol. The van der Waals surface area contributed by atoms with Crippen LogP contribution in [-0.2, 0) is 4.74 Å². The van der Waals surface area contributed by atoms with Gasteiger partial charge in [0.2, 0.25) is 0 Å². The Balaban J connectivity index is 2.74. The van der Waals surface area contributed by atoms with E-state index in [1.54, 1.807) is 26.4 Å². The smallest absolute Gasteiger partial charge is 0.164 e. The average molecular weight is 298 g/mol. The first-order valence-corrected chi connectivity index (χ1v) is 7.19. The lowest BCUT2D eigenvalue weighted by Crippen LogP contribution is -2.27. The van der Waals surface area contributed by atoms with Crippen molar-refractivity contribution in [1.82, 2.24) is 0 Å². The molecule has 0 saturated carbocycles. The van der Waals surface area contributed by atoms with Gasteiger partial charge < -0.3 is 24.1 Å². The van der Waals surface area contributed by atoms with Crippen LogP contribution >= 0.6 is 0 Å². The largest absolute Gasteiger partial charge is 0.493 e. The van der Waals surface area contributed by atoms with Crippen LogP contribution < -0.4 is 14.2 Å². The molecule has 5 nitrogen and oxygen atoms in total. The zero-order valence-electron chi connectivity index (χ0n) is 13.3. The van der Waals surface area contributed by atoms with Crippen LogP contribution in [0.1, 0.15) is 20.3 Å². The van der Waals surface area contributed by atoms with E-state index in [1.807, 2.05) is 19.9 Å². The molecule has 0 radical (unpaired) electrons. The molecule has 0 heterocycles. The molecule has 1 aromatic carbocycles. The van der Waals surface area contributed by atoms with E-state index in [2.05, 4.69) is 0 Å². The number of methoxy groups -OCH3 is 2. The van der Waals surface area contributed by atoms with Gasteiger partial charge in [-0.25, -0.2) is 0 Å². The predicted octanol–water partition coefficient (Wildman–Crippen LogP) is 2.51. The van der Waals surface area contributed by atoms with E-state index >= 15 is 0 Å². The van der Waals surface area contributed by atoms with Crippen LogP contribution in [0.5, 0.6) is 17.2 Å². The van der Waals surface area contributed by atoms with Crippen LogP contribution in [0.25, 0.3) is 0 Å². The Morgan fingerprint density at radius 1 is 1.10 bits per heavy atom.